The van der Waals surface area contributed by atoms with Crippen LogP contribution in [0.5, 0.6) is 5.75 Å². The van der Waals surface area contributed by atoms with Crippen LogP contribution in [-0.2, 0) is 6.61 Å². The fraction of sp³-hybridized carbons (Fsp3) is 0.182. The molecule has 0 radical (unpaired) electrons. The smallest absolute Gasteiger partial charge is 0.146 e. The Balaban J connectivity index is 2.02. The third-order valence-electron chi connectivity index (χ3n) is 1.96. The zero-order chi connectivity index (χ0) is 10.7. The Labute approximate surface area is 96.6 Å². The number of hydrogen-bond donors (Lipinski definition) is 1. The van der Waals surface area contributed by atoms with Gasteiger partial charge >= 0.3 is 0 Å². The van der Waals surface area contributed by atoms with Crippen molar-refractivity contribution in [2.45, 2.75) is 13.5 Å². The van der Waals surface area contributed by atoms with Crippen LogP contribution in [0.1, 0.15) is 11.5 Å². The minimum Gasteiger partial charge on any atom is -0.485 e. The largest absolute Gasteiger partial charge is 0.485 e. The van der Waals surface area contributed by atoms with Gasteiger partial charge in [-0.25, -0.2) is 4.98 Å². The van der Waals surface area contributed by atoms with Crippen molar-refractivity contribution in [3.63, 3.8) is 0 Å². The molecule has 2 aromatic rings. The van der Waals surface area contributed by atoms with E-state index >= 15 is 0 Å². The number of imidazole rings is 1. The number of para-hydroxylation sites is 1. The fourth-order valence-corrected chi connectivity index (χ4v) is 1.65. The van der Waals surface area contributed by atoms with E-state index in [1.54, 1.807) is 6.20 Å². The lowest BCUT2D eigenvalue weighted by Crippen LogP contribution is -1.97. The van der Waals surface area contributed by atoms with Gasteiger partial charge in [0.2, 0.25) is 0 Å². The third-order valence-corrected chi connectivity index (χ3v) is 2.61. The number of aromatic nitrogens is 2. The second-order valence-corrected chi connectivity index (χ2v) is 4.09. The Morgan fingerprint density at radius 3 is 2.87 bits per heavy atom. The molecule has 3 nitrogen and oxygen atoms in total. The summed E-state index contributed by atoms with van der Waals surface area (Å²) >= 11 is 3.42. The summed E-state index contributed by atoms with van der Waals surface area (Å²) in [7, 11) is 0. The first kappa shape index (κ1) is 10.2. The van der Waals surface area contributed by atoms with Crippen molar-refractivity contribution in [1.82, 2.24) is 9.97 Å². The number of H-pyrrole nitrogens is 1. The van der Waals surface area contributed by atoms with Crippen LogP contribution in [0.4, 0.5) is 0 Å². The van der Waals surface area contributed by atoms with Gasteiger partial charge in [-0.3, -0.25) is 0 Å². The van der Waals surface area contributed by atoms with Crippen LogP contribution in [0.3, 0.4) is 0 Å². The summed E-state index contributed by atoms with van der Waals surface area (Å²) in [4.78, 5) is 7.28. The maximum absolute atomic E-state index is 5.60. The molecule has 0 aliphatic rings. The van der Waals surface area contributed by atoms with E-state index in [4.69, 9.17) is 4.74 Å². The predicted molar refractivity (Wildman–Crippen MR) is 61.8 cm³/mol. The molecule has 0 amide bonds. The van der Waals surface area contributed by atoms with Crippen molar-refractivity contribution in [3.05, 3.63) is 46.5 Å². The summed E-state index contributed by atoms with van der Waals surface area (Å²) in [5.41, 5.74) is 1.04. The van der Waals surface area contributed by atoms with E-state index in [9.17, 15) is 0 Å². The van der Waals surface area contributed by atoms with E-state index in [1.807, 2.05) is 31.2 Å². The molecule has 0 atom stereocenters. The number of hydrogen-bond acceptors (Lipinski definition) is 2. The van der Waals surface area contributed by atoms with Crippen molar-refractivity contribution in [2.75, 3.05) is 0 Å². The lowest BCUT2D eigenvalue weighted by Gasteiger charge is -2.05. The van der Waals surface area contributed by atoms with Crippen LogP contribution in [0, 0.1) is 6.92 Å². The number of aromatic amines is 1. The Hall–Kier alpha value is -1.29. The van der Waals surface area contributed by atoms with Crippen molar-refractivity contribution >= 4 is 15.9 Å². The van der Waals surface area contributed by atoms with E-state index in [0.717, 1.165) is 21.7 Å². The molecule has 78 valence electrons. The second-order valence-electron chi connectivity index (χ2n) is 3.23. The minimum atomic E-state index is 0.455. The van der Waals surface area contributed by atoms with Gasteiger partial charge < -0.3 is 9.72 Å². The highest BCUT2D eigenvalue weighted by Crippen LogP contribution is 2.24. The van der Waals surface area contributed by atoms with Gasteiger partial charge in [0.05, 0.1) is 4.47 Å². The molecule has 1 N–H and O–H groups in total. The summed E-state index contributed by atoms with van der Waals surface area (Å²) in [5, 5.41) is 0. The van der Waals surface area contributed by atoms with Crippen molar-refractivity contribution in [3.8, 4) is 5.75 Å². The normalized spacial score (nSPS) is 10.3. The molecule has 0 spiro atoms. The van der Waals surface area contributed by atoms with Gasteiger partial charge in [0.15, 0.2) is 0 Å². The number of ether oxygens (including phenoxy) is 1. The maximum Gasteiger partial charge on any atom is 0.146 e. The average molecular weight is 267 g/mol. The van der Waals surface area contributed by atoms with Crippen LogP contribution in [0.25, 0.3) is 0 Å². The molecule has 0 saturated heterocycles. The summed E-state index contributed by atoms with van der Waals surface area (Å²) < 4.78 is 6.55. The summed E-state index contributed by atoms with van der Waals surface area (Å²) in [6.07, 6.45) is 1.79. The molecule has 0 aliphatic carbocycles. The van der Waals surface area contributed by atoms with Gasteiger partial charge in [0, 0.05) is 11.9 Å². The molecule has 0 aliphatic heterocycles. The second kappa shape index (κ2) is 4.49. The first-order valence-electron chi connectivity index (χ1n) is 4.63. The molecule has 15 heavy (non-hydrogen) atoms. The molecular weight excluding hydrogens is 256 g/mol. The lowest BCUT2D eigenvalue weighted by atomic mass is 10.3. The van der Waals surface area contributed by atoms with Gasteiger partial charge in [0.25, 0.3) is 0 Å². The van der Waals surface area contributed by atoms with Gasteiger partial charge in [-0.05, 0) is 35.0 Å². The van der Waals surface area contributed by atoms with Crippen molar-refractivity contribution in [2.24, 2.45) is 0 Å². The number of halogens is 1. The van der Waals surface area contributed by atoms with Gasteiger partial charge in [0.1, 0.15) is 18.2 Å². The molecule has 0 unspecified atom stereocenters. The fourth-order valence-electron chi connectivity index (χ4n) is 1.25. The zero-order valence-corrected chi connectivity index (χ0v) is 9.91. The van der Waals surface area contributed by atoms with Gasteiger partial charge in [-0.2, -0.15) is 0 Å². The molecule has 2 rings (SSSR count). The van der Waals surface area contributed by atoms with Crippen LogP contribution in [0.2, 0.25) is 0 Å². The highest BCUT2D eigenvalue weighted by Gasteiger charge is 2.01. The van der Waals surface area contributed by atoms with Gasteiger partial charge in [-0.1, -0.05) is 12.1 Å². The number of benzene rings is 1. The van der Waals surface area contributed by atoms with Crippen molar-refractivity contribution < 1.29 is 4.74 Å². The van der Waals surface area contributed by atoms with E-state index in [1.165, 1.54) is 0 Å². The highest BCUT2D eigenvalue weighted by atomic mass is 79.9. The third kappa shape index (κ3) is 2.59. The molecule has 1 aromatic heterocycles. The first-order chi connectivity index (χ1) is 7.25. The first-order valence-corrected chi connectivity index (χ1v) is 5.43. The van der Waals surface area contributed by atoms with E-state index in [-0.39, 0.29) is 0 Å². The number of aryl methyl sites for hydroxylation is 1. The molecule has 0 fully saturated rings. The summed E-state index contributed by atoms with van der Waals surface area (Å²) in [6.45, 7) is 2.42. The molecule has 0 bridgehead atoms. The van der Waals surface area contributed by atoms with Crippen molar-refractivity contribution in [1.29, 1.82) is 0 Å². The Morgan fingerprint density at radius 2 is 2.20 bits per heavy atom. The maximum atomic E-state index is 5.60. The predicted octanol–water partition coefficient (Wildman–Crippen LogP) is 3.06. The molecule has 4 heteroatoms. The minimum absolute atomic E-state index is 0.455. The van der Waals surface area contributed by atoms with Crippen LogP contribution in [0.15, 0.2) is 34.9 Å². The standard InChI is InChI=1S/C11H11BrN2O/c1-8-6-13-11(14-8)7-15-10-5-3-2-4-9(10)12/h2-6H,7H2,1H3,(H,13,14). The Morgan fingerprint density at radius 1 is 1.40 bits per heavy atom. The zero-order valence-electron chi connectivity index (χ0n) is 8.33. The van der Waals surface area contributed by atoms with Crippen LogP contribution in [-0.4, -0.2) is 9.97 Å². The summed E-state index contributed by atoms with van der Waals surface area (Å²) in [5.74, 6) is 1.66. The van der Waals surface area contributed by atoms with E-state index < -0.39 is 0 Å². The van der Waals surface area contributed by atoms with E-state index in [0.29, 0.717) is 6.61 Å². The molecule has 1 heterocycles. The monoisotopic (exact) mass is 266 g/mol. The number of nitrogens with zero attached hydrogens (tertiary/aromatic N) is 1. The topological polar surface area (TPSA) is 37.9 Å². The van der Waals surface area contributed by atoms with E-state index in [2.05, 4.69) is 25.9 Å². The van der Waals surface area contributed by atoms with Gasteiger partial charge in [-0.15, -0.1) is 0 Å². The van der Waals surface area contributed by atoms with Crippen LogP contribution >= 0.6 is 15.9 Å². The number of nitrogens with one attached hydrogen (secondary N) is 1. The Kier molecular flexibility index (Phi) is 3.06. The molecule has 1 aromatic carbocycles. The lowest BCUT2D eigenvalue weighted by molar-refractivity contribution is 0.295. The Bertz CT molecular complexity index is 453. The average Bonchev–Trinajstić information content (AvgIpc) is 2.63. The van der Waals surface area contributed by atoms with Crippen LogP contribution < -0.4 is 4.74 Å². The SMILES string of the molecule is Cc1cnc(COc2ccccc2Br)[nH]1. The molecule has 0 saturated carbocycles. The highest BCUT2D eigenvalue weighted by molar-refractivity contribution is 9.10. The quantitative estimate of drug-likeness (QED) is 0.928. The molecular formula is C11H11BrN2O. The summed E-state index contributed by atoms with van der Waals surface area (Å²) in [6, 6.07) is 7.75. The number of rotatable bonds is 3.